The van der Waals surface area contributed by atoms with Crippen LogP contribution in [0.25, 0.3) is 12.3 Å². The van der Waals surface area contributed by atoms with Crippen molar-refractivity contribution in [1.82, 2.24) is 10.2 Å². The molecule has 0 aromatic heterocycles. The van der Waals surface area contributed by atoms with Crippen LogP contribution in [-0.2, 0) is 0 Å². The first-order valence-electron chi connectivity index (χ1n) is 12.3. The molecule has 1 amide bonds. The minimum absolute atomic E-state index is 0.0702. The zero-order valence-corrected chi connectivity index (χ0v) is 20.1. The number of fused-ring (bicyclic) bond motifs is 1. The highest BCUT2D eigenvalue weighted by Gasteiger charge is 2.25. The van der Waals surface area contributed by atoms with Crippen LogP contribution in [0.4, 0.5) is 14.5 Å². The maximum Gasteiger partial charge on any atom is 0.253 e. The Hall–Kier alpha value is -4.43. The zero-order chi connectivity index (χ0) is 25.9. The molecule has 0 saturated carbocycles. The summed E-state index contributed by atoms with van der Waals surface area (Å²) in [5.41, 5.74) is 2.22. The molecule has 0 bridgehead atoms. The predicted molar refractivity (Wildman–Crippen MR) is 137 cm³/mol. The molecule has 0 spiro atoms. The second kappa shape index (κ2) is 10.3. The van der Waals surface area contributed by atoms with Crippen LogP contribution >= 0.6 is 0 Å². The first kappa shape index (κ1) is 24.3. The van der Waals surface area contributed by atoms with E-state index in [1.165, 1.54) is 18.2 Å². The van der Waals surface area contributed by atoms with E-state index < -0.39 is 11.6 Å². The van der Waals surface area contributed by atoms with Crippen molar-refractivity contribution >= 4 is 23.9 Å². The lowest BCUT2D eigenvalue weighted by Gasteiger charge is -2.33. The van der Waals surface area contributed by atoms with Gasteiger partial charge in [-0.2, -0.15) is 10.5 Å². The van der Waals surface area contributed by atoms with Crippen molar-refractivity contribution in [3.8, 4) is 12.1 Å². The molecule has 2 N–H and O–H groups in total. The number of rotatable bonds is 4. The van der Waals surface area contributed by atoms with Crippen molar-refractivity contribution in [3.63, 3.8) is 0 Å². The van der Waals surface area contributed by atoms with Crippen LogP contribution in [0.15, 0.2) is 53.9 Å². The van der Waals surface area contributed by atoms with E-state index in [4.69, 9.17) is 5.26 Å². The summed E-state index contributed by atoms with van der Waals surface area (Å²) in [4.78, 5) is 14.7. The number of carbonyl (C=O) groups is 1. The fourth-order valence-corrected chi connectivity index (χ4v) is 5.08. The SMILES string of the molecule is N#CC1=CC(c2cc(NC3CCN(C(=O)c4ccc(F)c(C#N)c4)CC3)c3c(c2)=CCNC=3)CC=C1F. The number of carbonyl (C=O) groups excluding carboxylic acids is 1. The number of piperidine rings is 1. The molecule has 186 valence electrons. The van der Waals surface area contributed by atoms with Crippen LogP contribution < -0.4 is 21.1 Å². The summed E-state index contributed by atoms with van der Waals surface area (Å²) in [6.07, 6.45) is 9.21. The average Bonchev–Trinajstić information content (AvgIpc) is 2.93. The first-order valence-corrected chi connectivity index (χ1v) is 12.3. The van der Waals surface area contributed by atoms with Gasteiger partial charge in [-0.15, -0.1) is 0 Å². The maximum atomic E-state index is 13.9. The van der Waals surface area contributed by atoms with E-state index in [-0.39, 0.29) is 29.0 Å². The third-order valence-electron chi connectivity index (χ3n) is 7.12. The Morgan fingerprint density at radius 1 is 1.08 bits per heavy atom. The summed E-state index contributed by atoms with van der Waals surface area (Å²) in [5.74, 6) is -1.40. The van der Waals surface area contributed by atoms with Gasteiger partial charge >= 0.3 is 0 Å². The summed E-state index contributed by atoms with van der Waals surface area (Å²) in [6.45, 7) is 1.78. The monoisotopic (exact) mass is 497 g/mol. The van der Waals surface area contributed by atoms with Crippen molar-refractivity contribution in [2.24, 2.45) is 0 Å². The van der Waals surface area contributed by atoms with E-state index in [0.717, 1.165) is 40.6 Å². The second-order valence-corrected chi connectivity index (χ2v) is 9.43. The number of anilines is 1. The van der Waals surface area contributed by atoms with Crippen LogP contribution in [-0.4, -0.2) is 36.5 Å². The molecule has 0 radical (unpaired) electrons. The third kappa shape index (κ3) is 4.96. The number of nitriles is 2. The smallest absolute Gasteiger partial charge is 0.253 e. The fraction of sp³-hybridized carbons (Fsp3) is 0.276. The Kier molecular flexibility index (Phi) is 6.74. The van der Waals surface area contributed by atoms with Gasteiger partial charge in [0.2, 0.25) is 0 Å². The minimum Gasteiger partial charge on any atom is -0.387 e. The lowest BCUT2D eigenvalue weighted by molar-refractivity contribution is 0.0718. The molecule has 8 heteroatoms. The number of allylic oxidation sites excluding steroid dienone is 4. The van der Waals surface area contributed by atoms with Gasteiger partial charge in [0.15, 0.2) is 0 Å². The summed E-state index contributed by atoms with van der Waals surface area (Å²) in [6, 6.07) is 11.9. The van der Waals surface area contributed by atoms with Gasteiger partial charge in [0.25, 0.3) is 5.91 Å². The number of hydrogen-bond acceptors (Lipinski definition) is 5. The Bertz CT molecular complexity index is 1520. The van der Waals surface area contributed by atoms with Crippen molar-refractivity contribution in [2.45, 2.75) is 31.2 Å². The highest BCUT2D eigenvalue weighted by atomic mass is 19.1. The maximum absolute atomic E-state index is 13.9. The molecule has 1 aliphatic carbocycles. The first-order chi connectivity index (χ1) is 18.0. The van der Waals surface area contributed by atoms with Gasteiger partial charge in [-0.05, 0) is 60.4 Å². The Morgan fingerprint density at radius 3 is 2.65 bits per heavy atom. The van der Waals surface area contributed by atoms with Crippen LogP contribution in [0.5, 0.6) is 0 Å². The standard InChI is InChI=1S/C29H25F2N5O/c30-26-3-1-18(11-22(26)15-32)21-12-19-5-8-34-17-25(19)28(14-21)35-24-6-9-36(10-7-24)29(37)20-2-4-27(31)23(13-20)16-33/h2-5,11-14,17-18,24,34-35H,1,6-10H2. The number of benzene rings is 2. The Morgan fingerprint density at radius 2 is 1.89 bits per heavy atom. The van der Waals surface area contributed by atoms with Gasteiger partial charge in [-0.25, -0.2) is 8.78 Å². The number of halogens is 2. The molecule has 2 aliphatic heterocycles. The van der Waals surface area contributed by atoms with Crippen LogP contribution in [0.3, 0.4) is 0 Å². The topological polar surface area (TPSA) is 92.0 Å². The summed E-state index contributed by atoms with van der Waals surface area (Å²) in [7, 11) is 0. The van der Waals surface area contributed by atoms with Gasteiger partial charge in [0, 0.05) is 54.3 Å². The largest absolute Gasteiger partial charge is 0.387 e. The lowest BCUT2D eigenvalue weighted by atomic mass is 9.88. The molecule has 2 aromatic rings. The number of amides is 1. The van der Waals surface area contributed by atoms with Gasteiger partial charge in [-0.3, -0.25) is 4.79 Å². The second-order valence-electron chi connectivity index (χ2n) is 9.43. The highest BCUT2D eigenvalue weighted by molar-refractivity contribution is 5.94. The minimum atomic E-state index is -0.634. The van der Waals surface area contributed by atoms with E-state index in [2.05, 4.69) is 28.8 Å². The summed E-state index contributed by atoms with van der Waals surface area (Å²) in [5, 5.41) is 27.4. The van der Waals surface area contributed by atoms with E-state index in [9.17, 15) is 18.8 Å². The van der Waals surface area contributed by atoms with Crippen molar-refractivity contribution in [3.05, 3.63) is 86.8 Å². The summed E-state index contributed by atoms with van der Waals surface area (Å²) < 4.78 is 27.6. The zero-order valence-electron chi connectivity index (χ0n) is 20.1. The van der Waals surface area contributed by atoms with Crippen LogP contribution in [0.2, 0.25) is 0 Å². The van der Waals surface area contributed by atoms with Crippen molar-refractivity contribution < 1.29 is 13.6 Å². The van der Waals surface area contributed by atoms with Crippen LogP contribution in [0.1, 0.15) is 46.7 Å². The molecular formula is C29H25F2N5O. The van der Waals surface area contributed by atoms with Gasteiger partial charge in [0.1, 0.15) is 23.8 Å². The molecule has 1 saturated heterocycles. The van der Waals surface area contributed by atoms with Gasteiger partial charge in [-0.1, -0.05) is 18.2 Å². The molecule has 6 nitrogen and oxygen atoms in total. The Labute approximate surface area is 213 Å². The van der Waals surface area contributed by atoms with Gasteiger partial charge in [0.05, 0.1) is 11.1 Å². The van der Waals surface area contributed by atoms with Crippen LogP contribution in [0, 0.1) is 28.5 Å². The number of nitrogens with zero attached hydrogens (tertiary/aromatic N) is 3. The lowest BCUT2D eigenvalue weighted by Crippen LogP contribution is -2.44. The molecule has 3 aliphatic rings. The Balaban J connectivity index is 1.33. The van der Waals surface area contributed by atoms with Crippen molar-refractivity contribution in [1.29, 1.82) is 10.5 Å². The molecule has 1 atom stereocenters. The quantitative estimate of drug-likeness (QED) is 0.676. The van der Waals surface area contributed by atoms with E-state index >= 15 is 0 Å². The van der Waals surface area contributed by atoms with E-state index in [1.54, 1.807) is 17.0 Å². The molecule has 1 unspecified atom stereocenters. The number of nitrogens with one attached hydrogen (secondary N) is 2. The van der Waals surface area contributed by atoms with Gasteiger partial charge < -0.3 is 15.5 Å². The number of hydrogen-bond donors (Lipinski definition) is 2. The molecule has 2 aromatic carbocycles. The van der Waals surface area contributed by atoms with E-state index in [1.807, 2.05) is 12.3 Å². The average molecular weight is 498 g/mol. The molecular weight excluding hydrogens is 472 g/mol. The number of likely N-dealkylation sites (tertiary alicyclic amines) is 1. The molecule has 2 heterocycles. The third-order valence-corrected chi connectivity index (χ3v) is 7.12. The summed E-state index contributed by atoms with van der Waals surface area (Å²) >= 11 is 0. The fourth-order valence-electron chi connectivity index (χ4n) is 5.08. The van der Waals surface area contributed by atoms with Crippen molar-refractivity contribution in [2.75, 3.05) is 25.0 Å². The molecule has 37 heavy (non-hydrogen) atoms. The normalized spacial score (nSPS) is 19.0. The molecule has 1 fully saturated rings. The molecule has 5 rings (SSSR count). The highest BCUT2D eigenvalue weighted by Crippen LogP contribution is 2.31. The predicted octanol–water partition coefficient (Wildman–Crippen LogP) is 3.33. The van der Waals surface area contributed by atoms with E-state index in [0.29, 0.717) is 31.6 Å².